The van der Waals surface area contributed by atoms with Gasteiger partial charge in [0.2, 0.25) is 0 Å². The first-order chi connectivity index (χ1) is 29.6. The predicted octanol–water partition coefficient (Wildman–Crippen LogP) is 9.93. The SMILES string of the molecule is C=C[C@H]1C(C)(C)[C@H]2O[C@]1([C@H]1OC(=O)C3=C1CC[C@H](C[C@H]1C[C@@H]1CO[Si](c1ccccc1)(c1ccccc1)C(C)(C)C)C3)C[C@@H]2O[Si](c1ccccc1)(c1ccccc1)C(C)(C)C. The summed E-state index contributed by atoms with van der Waals surface area (Å²) in [5.41, 5.74) is 1.07. The normalized spacial score (nSPS) is 29.4. The Kier molecular flexibility index (Phi) is 11.2. The maximum atomic E-state index is 14.1. The molecule has 2 saturated heterocycles. The maximum Gasteiger partial charge on any atom is 0.334 e. The number of esters is 1. The van der Waals surface area contributed by atoms with Crippen molar-refractivity contribution in [3.8, 4) is 0 Å². The van der Waals surface area contributed by atoms with Gasteiger partial charge in [0.15, 0.2) is 6.10 Å². The van der Waals surface area contributed by atoms with Gasteiger partial charge in [-0.25, -0.2) is 4.79 Å². The van der Waals surface area contributed by atoms with Gasteiger partial charge in [0, 0.05) is 29.9 Å². The Balaban J connectivity index is 0.941. The van der Waals surface area contributed by atoms with Crippen molar-refractivity contribution in [3.63, 3.8) is 0 Å². The molecule has 62 heavy (non-hydrogen) atoms. The molecule has 0 spiro atoms. The third-order valence-corrected chi connectivity index (χ3v) is 25.9. The average Bonchev–Trinajstić information content (AvgIpc) is 3.63. The maximum absolute atomic E-state index is 14.1. The van der Waals surface area contributed by atoms with Crippen LogP contribution in [-0.2, 0) is 23.1 Å². The predicted molar refractivity (Wildman–Crippen MR) is 256 cm³/mol. The van der Waals surface area contributed by atoms with Crippen LogP contribution in [0.5, 0.6) is 0 Å². The van der Waals surface area contributed by atoms with Gasteiger partial charge in [-0.05, 0) is 86.3 Å². The van der Waals surface area contributed by atoms with E-state index in [2.05, 4.69) is 189 Å². The van der Waals surface area contributed by atoms with E-state index in [1.807, 2.05) is 0 Å². The van der Waals surface area contributed by atoms with Gasteiger partial charge in [0.1, 0.15) is 5.60 Å². The lowest BCUT2D eigenvalue weighted by Crippen LogP contribution is -2.69. The Morgan fingerprint density at radius 3 is 1.73 bits per heavy atom. The second-order valence-electron chi connectivity index (χ2n) is 21.9. The molecule has 8 atom stereocenters. The molecule has 3 fully saturated rings. The summed E-state index contributed by atoms with van der Waals surface area (Å²) in [7, 11) is -5.47. The zero-order valence-electron chi connectivity index (χ0n) is 38.4. The number of carbonyl (C=O) groups is 1. The number of ether oxygens (including phenoxy) is 2. The molecule has 2 aliphatic carbocycles. The Labute approximate surface area is 373 Å². The molecule has 0 aromatic heterocycles. The Hall–Kier alpha value is -3.86. The number of hydrogen-bond donors (Lipinski definition) is 0. The molecule has 7 heteroatoms. The topological polar surface area (TPSA) is 54.0 Å². The summed E-state index contributed by atoms with van der Waals surface area (Å²) in [6.45, 7) is 23.9. The van der Waals surface area contributed by atoms with Gasteiger partial charge in [-0.2, -0.15) is 0 Å². The van der Waals surface area contributed by atoms with E-state index >= 15 is 0 Å². The number of rotatable bonds is 13. The smallest absolute Gasteiger partial charge is 0.334 e. The van der Waals surface area contributed by atoms with Crippen LogP contribution >= 0.6 is 0 Å². The zero-order chi connectivity index (χ0) is 43.7. The van der Waals surface area contributed by atoms with Crippen LogP contribution < -0.4 is 20.7 Å². The molecular weight excluding hydrogens is 797 g/mol. The standard InChI is InChI=1S/C55H68O5Si2/c1-10-48-54(8,9)50-47(60-62(53(5,6)7,43-27-19-13-20-28-43)44-29-21-14-22-30-44)36-55(48,59-50)49-45-32-31-38(34-46(45)51(56)58-49)33-39-35-40(39)37-57-61(52(2,3)4,41-23-15-11-16-24-41)42-25-17-12-18-26-42/h10-30,38-40,47-50H,1,31-37H2,2-9H3/t38-,39+,40-,47+,48+,49+,50+,55-/m1/s1. The monoisotopic (exact) mass is 864 g/mol. The Bertz CT molecular complexity index is 2200. The summed E-state index contributed by atoms with van der Waals surface area (Å²) in [6.07, 6.45) is 7.00. The average molecular weight is 865 g/mol. The van der Waals surface area contributed by atoms with E-state index in [4.69, 9.17) is 18.3 Å². The first kappa shape index (κ1) is 43.4. The van der Waals surface area contributed by atoms with Crippen LogP contribution in [0, 0.1) is 29.1 Å². The third kappa shape index (κ3) is 7.00. The van der Waals surface area contributed by atoms with Gasteiger partial charge in [-0.15, -0.1) is 6.58 Å². The molecule has 0 amide bonds. The van der Waals surface area contributed by atoms with Crippen molar-refractivity contribution in [3.05, 3.63) is 145 Å². The van der Waals surface area contributed by atoms with E-state index in [-0.39, 0.29) is 39.6 Å². The number of carbonyl (C=O) groups excluding carboxylic acids is 1. The number of hydrogen-bond acceptors (Lipinski definition) is 5. The third-order valence-electron chi connectivity index (χ3n) is 15.8. The van der Waals surface area contributed by atoms with Gasteiger partial charge in [-0.3, -0.25) is 0 Å². The highest BCUT2D eigenvalue weighted by atomic mass is 28.4. The summed E-state index contributed by atoms with van der Waals surface area (Å²) in [4.78, 5) is 14.1. The lowest BCUT2D eigenvalue weighted by atomic mass is 9.60. The van der Waals surface area contributed by atoms with E-state index in [9.17, 15) is 4.79 Å². The second kappa shape index (κ2) is 16.0. The van der Waals surface area contributed by atoms with Crippen molar-refractivity contribution in [2.24, 2.45) is 29.1 Å². The molecule has 3 aliphatic heterocycles. The van der Waals surface area contributed by atoms with Crippen LogP contribution in [-0.4, -0.2) is 53.1 Å². The zero-order valence-corrected chi connectivity index (χ0v) is 40.4. The summed E-state index contributed by atoms with van der Waals surface area (Å²) < 4.78 is 29.2. The van der Waals surface area contributed by atoms with Crippen molar-refractivity contribution in [1.29, 1.82) is 0 Å². The van der Waals surface area contributed by atoms with E-state index in [1.54, 1.807) is 0 Å². The van der Waals surface area contributed by atoms with Crippen molar-refractivity contribution < 1.29 is 23.1 Å². The minimum absolute atomic E-state index is 0.00383. The van der Waals surface area contributed by atoms with Gasteiger partial charge < -0.3 is 18.3 Å². The lowest BCUT2D eigenvalue weighted by Gasteiger charge is -2.49. The highest BCUT2D eigenvalue weighted by Crippen LogP contribution is 2.64. The lowest BCUT2D eigenvalue weighted by molar-refractivity contribution is -0.153. The van der Waals surface area contributed by atoms with Crippen molar-refractivity contribution in [2.75, 3.05) is 6.61 Å². The molecule has 0 unspecified atom stereocenters. The summed E-state index contributed by atoms with van der Waals surface area (Å²) in [5.74, 6) is 1.48. The molecule has 326 valence electrons. The van der Waals surface area contributed by atoms with E-state index in [0.29, 0.717) is 24.2 Å². The fourth-order valence-corrected chi connectivity index (χ4v) is 22.2. The molecule has 9 rings (SSSR count). The van der Waals surface area contributed by atoms with Gasteiger partial charge in [0.25, 0.3) is 16.6 Å². The Morgan fingerprint density at radius 1 is 0.742 bits per heavy atom. The van der Waals surface area contributed by atoms with Crippen molar-refractivity contribution in [2.45, 2.75) is 128 Å². The molecule has 4 aromatic rings. The van der Waals surface area contributed by atoms with Crippen molar-refractivity contribution >= 4 is 43.4 Å². The van der Waals surface area contributed by atoms with Crippen LogP contribution in [0.4, 0.5) is 0 Å². The number of benzene rings is 4. The first-order valence-corrected chi connectivity index (χ1v) is 27.2. The van der Waals surface area contributed by atoms with Gasteiger partial charge in [-0.1, -0.05) is 183 Å². The Morgan fingerprint density at radius 2 is 1.24 bits per heavy atom. The largest absolute Gasteiger partial charge is 0.451 e. The van der Waals surface area contributed by atoms with E-state index in [1.165, 1.54) is 32.7 Å². The molecule has 5 nitrogen and oxygen atoms in total. The number of cyclic esters (lactones) is 1. The quantitative estimate of drug-likeness (QED) is 0.0762. The molecule has 2 bridgehead atoms. The van der Waals surface area contributed by atoms with Crippen LogP contribution in [0.3, 0.4) is 0 Å². The summed E-state index contributed by atoms with van der Waals surface area (Å²) >= 11 is 0. The fourth-order valence-electron chi connectivity index (χ4n) is 12.9. The molecule has 4 aromatic carbocycles. The molecule has 1 saturated carbocycles. The highest BCUT2D eigenvalue weighted by Gasteiger charge is 2.72. The van der Waals surface area contributed by atoms with Crippen LogP contribution in [0.15, 0.2) is 145 Å². The second-order valence-corrected chi connectivity index (χ2v) is 30.5. The van der Waals surface area contributed by atoms with Crippen LogP contribution in [0.2, 0.25) is 10.1 Å². The molecule has 5 aliphatic rings. The summed E-state index contributed by atoms with van der Waals surface area (Å²) in [5, 5.41) is 4.97. The molecule has 0 N–H and O–H groups in total. The van der Waals surface area contributed by atoms with Crippen molar-refractivity contribution in [1.82, 2.24) is 0 Å². The number of fused-ring (bicyclic) bond motifs is 2. The first-order valence-electron chi connectivity index (χ1n) is 23.3. The molecule has 0 radical (unpaired) electrons. The minimum Gasteiger partial charge on any atom is -0.451 e. The fraction of sp³-hybridized carbons (Fsp3) is 0.473. The van der Waals surface area contributed by atoms with E-state index in [0.717, 1.165) is 37.9 Å². The minimum atomic E-state index is -2.89. The van der Waals surface area contributed by atoms with Gasteiger partial charge >= 0.3 is 5.97 Å². The van der Waals surface area contributed by atoms with Crippen LogP contribution in [0.1, 0.15) is 93.9 Å². The molecular formula is C55H68O5Si2. The van der Waals surface area contributed by atoms with Crippen LogP contribution in [0.25, 0.3) is 0 Å². The summed E-state index contributed by atoms with van der Waals surface area (Å²) in [6, 6.07) is 43.7. The molecule has 3 heterocycles. The van der Waals surface area contributed by atoms with E-state index < -0.39 is 28.3 Å². The highest BCUT2D eigenvalue weighted by molar-refractivity contribution is 7.00. The van der Waals surface area contributed by atoms with Gasteiger partial charge in [0.05, 0.1) is 12.2 Å².